The number of hydrogen-bond acceptors (Lipinski definition) is 3. The summed E-state index contributed by atoms with van der Waals surface area (Å²) in [4.78, 5) is 0. The van der Waals surface area contributed by atoms with Crippen molar-refractivity contribution in [2.75, 3.05) is 0 Å². The predicted molar refractivity (Wildman–Crippen MR) is 58.9 cm³/mol. The zero-order valence-electron chi connectivity index (χ0n) is 10.0. The lowest BCUT2D eigenvalue weighted by molar-refractivity contribution is -0.891. The van der Waals surface area contributed by atoms with E-state index in [0.717, 1.165) is 22.3 Å². The molecule has 0 aromatic carbocycles. The average molecular weight is 227 g/mol. The van der Waals surface area contributed by atoms with Crippen LogP contribution in [-0.4, -0.2) is 42.5 Å². The molecule has 0 aromatic rings. The molecule has 2 rings (SSSR count). The molecule has 1 aliphatic carbocycles. The van der Waals surface area contributed by atoms with Crippen molar-refractivity contribution in [3.05, 3.63) is 5.21 Å². The molecule has 0 radical (unpaired) electrons. The Balaban J connectivity index is 2.65. The summed E-state index contributed by atoms with van der Waals surface area (Å²) in [6.45, 7) is 5.04. The standard InChI is InChI=1S/C11H19N2O3/c1-8-9(2)13(16)11(14)7-5-4-6-10(11,3)12(8)15/h14,16H,4-7H2,1-3H3/q+1/t10-,11-/m1/s1. The summed E-state index contributed by atoms with van der Waals surface area (Å²) in [5, 5.41) is 32.8. The summed E-state index contributed by atoms with van der Waals surface area (Å²) in [7, 11) is 0. The van der Waals surface area contributed by atoms with E-state index in [1.165, 1.54) is 0 Å². The molecule has 1 heterocycles. The Labute approximate surface area is 94.9 Å². The lowest BCUT2D eigenvalue weighted by atomic mass is 9.74. The number of rotatable bonds is 0. The lowest BCUT2D eigenvalue weighted by Gasteiger charge is -2.41. The minimum Gasteiger partial charge on any atom is -0.623 e. The molecule has 2 aliphatic rings. The Morgan fingerprint density at radius 2 is 1.75 bits per heavy atom. The van der Waals surface area contributed by atoms with Crippen LogP contribution in [0.15, 0.2) is 0 Å². The Morgan fingerprint density at radius 1 is 1.19 bits per heavy atom. The quantitative estimate of drug-likeness (QED) is 0.366. The molecule has 0 aromatic heterocycles. The second kappa shape index (κ2) is 3.20. The third kappa shape index (κ3) is 1.09. The third-order valence-electron chi connectivity index (χ3n) is 4.25. The van der Waals surface area contributed by atoms with E-state index >= 15 is 0 Å². The van der Waals surface area contributed by atoms with Crippen LogP contribution >= 0.6 is 0 Å². The highest BCUT2D eigenvalue weighted by Crippen LogP contribution is 2.41. The van der Waals surface area contributed by atoms with Gasteiger partial charge in [0.1, 0.15) is 0 Å². The molecule has 5 nitrogen and oxygen atoms in total. The number of fused-ring (bicyclic) bond motifs is 1. The molecule has 0 bridgehead atoms. The molecular formula is C11H19N2O3+. The van der Waals surface area contributed by atoms with Crippen LogP contribution in [0.4, 0.5) is 0 Å². The van der Waals surface area contributed by atoms with Crippen molar-refractivity contribution in [1.29, 1.82) is 0 Å². The molecule has 5 heteroatoms. The fraction of sp³-hybridized carbons (Fsp3) is 0.818. The van der Waals surface area contributed by atoms with Gasteiger partial charge in [0.2, 0.25) is 0 Å². The smallest absolute Gasteiger partial charge is 0.377 e. The Kier molecular flexibility index (Phi) is 2.28. The Bertz CT molecular complexity index is 364. The van der Waals surface area contributed by atoms with Gasteiger partial charge in [-0.15, -0.1) is 0 Å². The molecule has 2 atom stereocenters. The lowest BCUT2D eigenvalue weighted by Crippen LogP contribution is -2.69. The minimum atomic E-state index is -1.46. The van der Waals surface area contributed by atoms with Gasteiger partial charge < -0.3 is 10.3 Å². The molecule has 0 amide bonds. The van der Waals surface area contributed by atoms with Gasteiger partial charge in [-0.05, 0) is 12.8 Å². The molecule has 0 unspecified atom stereocenters. The first-order valence-corrected chi connectivity index (χ1v) is 5.71. The summed E-state index contributed by atoms with van der Waals surface area (Å²) >= 11 is 0. The number of nitrogens with zero attached hydrogens (tertiary/aromatic N) is 2. The summed E-state index contributed by atoms with van der Waals surface area (Å²) < 4.78 is 1.75. The van der Waals surface area contributed by atoms with Crippen molar-refractivity contribution < 1.29 is 19.8 Å². The van der Waals surface area contributed by atoms with Gasteiger partial charge in [-0.3, -0.25) is 5.21 Å². The molecule has 1 fully saturated rings. The Morgan fingerprint density at radius 3 is 2.38 bits per heavy atom. The third-order valence-corrected chi connectivity index (χ3v) is 4.25. The molecule has 1 saturated carbocycles. The topological polar surface area (TPSA) is 69.5 Å². The second-order valence-electron chi connectivity index (χ2n) is 5.07. The predicted octanol–water partition coefficient (Wildman–Crippen LogP) is 0.855. The highest BCUT2D eigenvalue weighted by molar-refractivity contribution is 6.36. The van der Waals surface area contributed by atoms with Crippen LogP contribution < -0.4 is 0 Å². The van der Waals surface area contributed by atoms with Gasteiger partial charge in [0.25, 0.3) is 17.0 Å². The first-order valence-electron chi connectivity index (χ1n) is 5.71. The van der Waals surface area contributed by atoms with Crippen molar-refractivity contribution >= 4 is 11.4 Å². The highest BCUT2D eigenvalue weighted by Gasteiger charge is 2.68. The molecule has 0 spiro atoms. The van der Waals surface area contributed by atoms with Gasteiger partial charge in [-0.25, -0.2) is 0 Å². The first kappa shape index (κ1) is 11.4. The van der Waals surface area contributed by atoms with Crippen molar-refractivity contribution in [1.82, 2.24) is 0 Å². The SMILES string of the molecule is CC1=[N+]([O-])[C@]2(C)CCCC[C@]2(O)[N+](O)=C1C. The van der Waals surface area contributed by atoms with E-state index in [1.54, 1.807) is 20.8 Å². The molecule has 2 N–H and O–H groups in total. The van der Waals surface area contributed by atoms with E-state index in [2.05, 4.69) is 0 Å². The second-order valence-corrected chi connectivity index (χ2v) is 5.07. The van der Waals surface area contributed by atoms with Crippen LogP contribution in [0.25, 0.3) is 0 Å². The van der Waals surface area contributed by atoms with Crippen molar-refractivity contribution in [3.8, 4) is 0 Å². The summed E-state index contributed by atoms with van der Waals surface area (Å²) in [6, 6.07) is 0. The van der Waals surface area contributed by atoms with Crippen LogP contribution in [0, 0.1) is 5.21 Å². The van der Waals surface area contributed by atoms with E-state index in [-0.39, 0.29) is 0 Å². The van der Waals surface area contributed by atoms with Crippen LogP contribution in [0.2, 0.25) is 0 Å². The summed E-state index contributed by atoms with van der Waals surface area (Å²) in [5.74, 6) is 0. The molecule has 0 saturated heterocycles. The number of aliphatic hydroxyl groups is 1. The molecule has 1 aliphatic heterocycles. The summed E-state index contributed by atoms with van der Waals surface area (Å²) in [6.07, 6.45) is 2.74. The fourth-order valence-electron chi connectivity index (χ4n) is 2.86. The maximum atomic E-state index is 12.2. The van der Waals surface area contributed by atoms with Crippen LogP contribution in [-0.2, 0) is 0 Å². The van der Waals surface area contributed by atoms with Crippen molar-refractivity contribution in [2.24, 2.45) is 0 Å². The zero-order chi connectivity index (χ0) is 12.1. The zero-order valence-corrected chi connectivity index (χ0v) is 10.0. The van der Waals surface area contributed by atoms with Gasteiger partial charge >= 0.3 is 5.72 Å². The van der Waals surface area contributed by atoms with Crippen LogP contribution in [0.5, 0.6) is 0 Å². The van der Waals surface area contributed by atoms with Gasteiger partial charge in [-0.1, -0.05) is 0 Å². The van der Waals surface area contributed by atoms with Gasteiger partial charge in [0, 0.05) is 31.9 Å². The van der Waals surface area contributed by atoms with E-state index in [4.69, 9.17) is 0 Å². The largest absolute Gasteiger partial charge is 0.623 e. The summed E-state index contributed by atoms with van der Waals surface area (Å²) in [5.41, 5.74) is -1.52. The van der Waals surface area contributed by atoms with E-state index in [1.807, 2.05) is 0 Å². The maximum Gasteiger partial charge on any atom is 0.377 e. The fourth-order valence-corrected chi connectivity index (χ4v) is 2.86. The molecular weight excluding hydrogens is 208 g/mol. The maximum absolute atomic E-state index is 12.2. The van der Waals surface area contributed by atoms with Gasteiger partial charge in [-0.2, -0.15) is 4.74 Å². The highest BCUT2D eigenvalue weighted by atomic mass is 16.5. The van der Waals surface area contributed by atoms with Crippen LogP contribution in [0.3, 0.4) is 0 Å². The van der Waals surface area contributed by atoms with Crippen LogP contribution in [0.1, 0.15) is 46.5 Å². The monoisotopic (exact) mass is 227 g/mol. The van der Waals surface area contributed by atoms with E-state index < -0.39 is 11.3 Å². The average Bonchev–Trinajstić information content (AvgIpc) is 2.27. The van der Waals surface area contributed by atoms with E-state index in [0.29, 0.717) is 24.3 Å². The van der Waals surface area contributed by atoms with Crippen molar-refractivity contribution in [2.45, 2.75) is 57.7 Å². The van der Waals surface area contributed by atoms with Gasteiger partial charge in [0.05, 0.1) is 6.42 Å². The molecule has 16 heavy (non-hydrogen) atoms. The minimum absolute atomic E-state index is 0.420. The van der Waals surface area contributed by atoms with Crippen molar-refractivity contribution in [3.63, 3.8) is 0 Å². The van der Waals surface area contributed by atoms with E-state index in [9.17, 15) is 15.5 Å². The molecule has 90 valence electrons. The Hall–Kier alpha value is -1.10. The first-order chi connectivity index (χ1) is 7.34. The normalized spacial score (nSPS) is 40.0. The number of hydroxylamine groups is 2. The number of hydrogen-bond donors (Lipinski definition) is 2. The van der Waals surface area contributed by atoms with Gasteiger partial charge in [0.15, 0.2) is 0 Å².